The zero-order chi connectivity index (χ0) is 18.2. The fraction of sp³-hybridized carbons (Fsp3) is 0.500. The fourth-order valence-corrected chi connectivity index (χ4v) is 3.86. The van der Waals surface area contributed by atoms with Gasteiger partial charge in [0.15, 0.2) is 5.65 Å². The number of fused-ring (bicyclic) bond motifs is 1. The molecule has 3 aromatic heterocycles. The number of piperazine rings is 1. The normalized spacial score (nSPS) is 17.9. The van der Waals surface area contributed by atoms with Crippen molar-refractivity contribution in [3.05, 3.63) is 30.4 Å². The molecule has 0 aliphatic carbocycles. The van der Waals surface area contributed by atoms with Gasteiger partial charge in [0, 0.05) is 45.3 Å². The van der Waals surface area contributed by atoms with Crippen LogP contribution in [-0.4, -0.2) is 69.0 Å². The number of nitrogens with zero attached hydrogens (tertiary/aromatic N) is 9. The van der Waals surface area contributed by atoms with Gasteiger partial charge in [0.05, 0.1) is 0 Å². The predicted molar refractivity (Wildman–Crippen MR) is 103 cm³/mol. The van der Waals surface area contributed by atoms with Gasteiger partial charge >= 0.3 is 0 Å². The lowest BCUT2D eigenvalue weighted by atomic mass is 10.3. The molecule has 0 saturated carbocycles. The predicted octanol–water partition coefficient (Wildman–Crippen LogP) is 1.15. The highest BCUT2D eigenvalue weighted by atomic mass is 15.4. The molecule has 9 heteroatoms. The first-order valence-corrected chi connectivity index (χ1v) is 9.54. The number of hydrogen-bond acceptors (Lipinski definition) is 8. The van der Waals surface area contributed by atoms with Gasteiger partial charge in [0.1, 0.15) is 29.6 Å². The van der Waals surface area contributed by atoms with E-state index in [1.807, 2.05) is 19.1 Å². The standard InChI is InChI=1S/C18H23N9/c1-14-20-17(24-6-2-3-7-24)12-18(21-14)26-10-8-25(9-11-26)16-5-4-15-22-19-13-27(15)23-16/h4-5,12-13H,2-3,6-11H2,1H3. The van der Waals surface area contributed by atoms with Gasteiger partial charge in [-0.2, -0.15) is 4.52 Å². The Morgan fingerprint density at radius 3 is 2.11 bits per heavy atom. The molecule has 0 amide bonds. The lowest BCUT2D eigenvalue weighted by Gasteiger charge is -2.36. The molecule has 3 aromatic rings. The van der Waals surface area contributed by atoms with Gasteiger partial charge in [-0.25, -0.2) is 9.97 Å². The summed E-state index contributed by atoms with van der Waals surface area (Å²) in [7, 11) is 0. The van der Waals surface area contributed by atoms with Gasteiger partial charge in [-0.05, 0) is 31.9 Å². The van der Waals surface area contributed by atoms with Crippen LogP contribution in [0.25, 0.3) is 5.65 Å². The zero-order valence-corrected chi connectivity index (χ0v) is 15.5. The molecule has 5 rings (SSSR count). The lowest BCUT2D eigenvalue weighted by molar-refractivity contribution is 0.634. The highest BCUT2D eigenvalue weighted by Crippen LogP contribution is 2.24. The summed E-state index contributed by atoms with van der Waals surface area (Å²) in [6.07, 6.45) is 4.14. The Kier molecular flexibility index (Phi) is 3.99. The van der Waals surface area contributed by atoms with Gasteiger partial charge in [-0.3, -0.25) is 0 Å². The van der Waals surface area contributed by atoms with Gasteiger partial charge in [-0.1, -0.05) is 0 Å². The van der Waals surface area contributed by atoms with E-state index in [4.69, 9.17) is 4.98 Å². The van der Waals surface area contributed by atoms with Gasteiger partial charge in [-0.15, -0.1) is 15.3 Å². The molecule has 2 aliphatic heterocycles. The maximum Gasteiger partial charge on any atom is 0.177 e. The molecule has 2 aliphatic rings. The second kappa shape index (κ2) is 6.64. The van der Waals surface area contributed by atoms with Crippen LogP contribution in [0.1, 0.15) is 18.7 Å². The summed E-state index contributed by atoms with van der Waals surface area (Å²) >= 11 is 0. The molecule has 0 radical (unpaired) electrons. The third kappa shape index (κ3) is 3.13. The van der Waals surface area contributed by atoms with Crippen molar-refractivity contribution in [2.24, 2.45) is 0 Å². The van der Waals surface area contributed by atoms with E-state index in [2.05, 4.69) is 41.0 Å². The molecule has 0 unspecified atom stereocenters. The Hall–Kier alpha value is -2.97. The molecule has 0 aromatic carbocycles. The SMILES string of the molecule is Cc1nc(N2CCCC2)cc(N2CCN(c3ccc4nncn4n3)CC2)n1. The third-order valence-corrected chi connectivity index (χ3v) is 5.32. The smallest absolute Gasteiger partial charge is 0.177 e. The summed E-state index contributed by atoms with van der Waals surface area (Å²) in [5, 5.41) is 12.5. The quantitative estimate of drug-likeness (QED) is 0.684. The van der Waals surface area contributed by atoms with Crippen molar-refractivity contribution in [3.8, 4) is 0 Å². The van der Waals surface area contributed by atoms with Crippen LogP contribution in [0.3, 0.4) is 0 Å². The van der Waals surface area contributed by atoms with E-state index < -0.39 is 0 Å². The van der Waals surface area contributed by atoms with Crippen LogP contribution >= 0.6 is 0 Å². The number of hydrogen-bond donors (Lipinski definition) is 0. The molecule has 140 valence electrons. The maximum absolute atomic E-state index is 4.69. The molecular formula is C18H23N9. The molecule has 2 saturated heterocycles. The van der Waals surface area contributed by atoms with Crippen LogP contribution in [0, 0.1) is 6.92 Å². The minimum absolute atomic E-state index is 0.767. The van der Waals surface area contributed by atoms with Gasteiger partial charge in [0.2, 0.25) is 0 Å². The highest BCUT2D eigenvalue weighted by molar-refractivity contribution is 5.53. The molecule has 2 fully saturated rings. The van der Waals surface area contributed by atoms with Gasteiger partial charge < -0.3 is 14.7 Å². The molecule has 9 nitrogen and oxygen atoms in total. The number of aryl methyl sites for hydroxylation is 1. The van der Waals surface area contributed by atoms with Crippen LogP contribution in [0.4, 0.5) is 17.5 Å². The first-order valence-electron chi connectivity index (χ1n) is 9.54. The van der Waals surface area contributed by atoms with Crippen LogP contribution in [0.2, 0.25) is 0 Å². The molecule has 27 heavy (non-hydrogen) atoms. The minimum atomic E-state index is 0.767. The monoisotopic (exact) mass is 365 g/mol. The Balaban J connectivity index is 1.31. The minimum Gasteiger partial charge on any atom is -0.356 e. The summed E-state index contributed by atoms with van der Waals surface area (Å²) < 4.78 is 1.72. The average molecular weight is 365 g/mol. The summed E-state index contributed by atoms with van der Waals surface area (Å²) in [5.74, 6) is 3.90. The van der Waals surface area contributed by atoms with Crippen LogP contribution in [0.5, 0.6) is 0 Å². The Labute approximate surface area is 157 Å². The van der Waals surface area contributed by atoms with Crippen molar-refractivity contribution in [1.29, 1.82) is 0 Å². The molecule has 5 heterocycles. The molecule has 0 N–H and O–H groups in total. The second-order valence-corrected chi connectivity index (χ2v) is 7.13. The van der Waals surface area contributed by atoms with Crippen LogP contribution in [0.15, 0.2) is 24.5 Å². The molecular weight excluding hydrogens is 342 g/mol. The Morgan fingerprint density at radius 2 is 1.41 bits per heavy atom. The summed E-state index contributed by atoms with van der Waals surface area (Å²) in [5.41, 5.74) is 0.767. The van der Waals surface area contributed by atoms with E-state index in [1.54, 1.807) is 10.8 Å². The zero-order valence-electron chi connectivity index (χ0n) is 15.5. The molecule has 0 bridgehead atoms. The van der Waals surface area contributed by atoms with Crippen molar-refractivity contribution in [3.63, 3.8) is 0 Å². The van der Waals surface area contributed by atoms with Crippen LogP contribution in [-0.2, 0) is 0 Å². The van der Waals surface area contributed by atoms with Crippen molar-refractivity contribution in [2.75, 3.05) is 54.0 Å². The van der Waals surface area contributed by atoms with E-state index in [9.17, 15) is 0 Å². The first-order chi connectivity index (χ1) is 13.3. The first kappa shape index (κ1) is 16.2. The van der Waals surface area contributed by atoms with Gasteiger partial charge in [0.25, 0.3) is 0 Å². The van der Waals surface area contributed by atoms with E-state index in [-0.39, 0.29) is 0 Å². The topological polar surface area (TPSA) is 78.6 Å². The number of rotatable bonds is 3. The van der Waals surface area contributed by atoms with Crippen LogP contribution < -0.4 is 14.7 Å². The number of aromatic nitrogens is 6. The number of anilines is 3. The summed E-state index contributed by atoms with van der Waals surface area (Å²) in [6.45, 7) is 7.82. The third-order valence-electron chi connectivity index (χ3n) is 5.32. The largest absolute Gasteiger partial charge is 0.356 e. The second-order valence-electron chi connectivity index (χ2n) is 7.13. The maximum atomic E-state index is 4.69. The summed E-state index contributed by atoms with van der Waals surface area (Å²) in [4.78, 5) is 16.4. The van der Waals surface area contributed by atoms with Crippen molar-refractivity contribution in [1.82, 2.24) is 29.8 Å². The fourth-order valence-electron chi connectivity index (χ4n) is 3.86. The van der Waals surface area contributed by atoms with E-state index in [1.165, 1.54) is 12.8 Å². The highest BCUT2D eigenvalue weighted by Gasteiger charge is 2.22. The van der Waals surface area contributed by atoms with E-state index in [0.717, 1.165) is 68.2 Å². The van der Waals surface area contributed by atoms with E-state index in [0.29, 0.717) is 0 Å². The van der Waals surface area contributed by atoms with Crippen molar-refractivity contribution in [2.45, 2.75) is 19.8 Å². The van der Waals surface area contributed by atoms with E-state index >= 15 is 0 Å². The molecule has 0 spiro atoms. The molecule has 0 atom stereocenters. The van der Waals surface area contributed by atoms with Crippen molar-refractivity contribution >= 4 is 23.1 Å². The summed E-state index contributed by atoms with van der Waals surface area (Å²) in [6, 6.07) is 6.12. The average Bonchev–Trinajstić information content (AvgIpc) is 3.39. The Bertz CT molecular complexity index is 939. The van der Waals surface area contributed by atoms with Crippen molar-refractivity contribution < 1.29 is 0 Å². The Morgan fingerprint density at radius 1 is 0.778 bits per heavy atom. The lowest BCUT2D eigenvalue weighted by Crippen LogP contribution is -2.47.